The van der Waals surface area contributed by atoms with E-state index in [1.54, 1.807) is 0 Å². The van der Waals surface area contributed by atoms with Gasteiger partial charge in [-0.05, 0) is 18.2 Å². The minimum Gasteiger partial charge on any atom is -0.571 e. The van der Waals surface area contributed by atoms with Gasteiger partial charge in [0.1, 0.15) is 53.7 Å². The molecule has 0 amide bonds. The van der Waals surface area contributed by atoms with Gasteiger partial charge in [0.15, 0.2) is 29.7 Å². The average Bonchev–Trinajstić information content (AvgIpc) is 2.94. The molecule has 0 spiro atoms. The first kappa shape index (κ1) is 29.1. The molecule has 0 radical (unpaired) electrons. The Morgan fingerprint density at radius 1 is 0.829 bits per heavy atom. The van der Waals surface area contributed by atoms with E-state index in [4.69, 9.17) is 18.9 Å². The molecule has 3 heterocycles. The Morgan fingerprint density at radius 3 is 2.29 bits per heavy atom. The second kappa shape index (κ2) is 11.5. The van der Waals surface area contributed by atoms with Crippen molar-refractivity contribution in [1.29, 1.82) is 0 Å². The monoisotopic (exact) mass is 583 g/mol. The maximum Gasteiger partial charge on any atom is 0.270 e. The molecule has 0 saturated carbocycles. The first-order chi connectivity index (χ1) is 19.5. The minimum absolute atomic E-state index is 0.0528. The summed E-state index contributed by atoms with van der Waals surface area (Å²) in [5, 5.41) is 102. The van der Waals surface area contributed by atoms with Crippen LogP contribution in [-0.4, -0.2) is 124 Å². The summed E-state index contributed by atoms with van der Waals surface area (Å²) in [4.78, 5) is 0. The number of aliphatic hydroxyl groups is 7. The molecular weight excluding hydrogens is 552 g/mol. The third-order valence-corrected chi connectivity index (χ3v) is 7.08. The van der Waals surface area contributed by atoms with Crippen molar-refractivity contribution in [3.05, 3.63) is 47.2 Å². The van der Waals surface area contributed by atoms with Crippen LogP contribution in [0.4, 0.5) is 0 Å². The largest absolute Gasteiger partial charge is 0.571 e. The van der Waals surface area contributed by atoms with E-state index < -0.39 is 86.1 Å². The number of ether oxygens (including phenoxy) is 5. The van der Waals surface area contributed by atoms with E-state index in [1.807, 2.05) is 0 Å². The van der Waals surface area contributed by atoms with Crippen LogP contribution >= 0.6 is 0 Å². The van der Waals surface area contributed by atoms with Crippen LogP contribution in [0.25, 0.3) is 6.08 Å². The third-order valence-electron chi connectivity index (χ3n) is 7.08. The topological polar surface area (TPSA) is 252 Å². The SMILES string of the molecule is OC[C@H]1O[C@@H](OC2=Cc3c(O)cc(O)cc3[OH+]C2c2ccc(O)c(O)c2)[C@H](O[C@@H]2OC[C@@H](O)[C@H](O)[C@H]2O)[C@@H](O)[C@@H]1O. The lowest BCUT2D eigenvalue weighted by atomic mass is 9.98. The minimum atomic E-state index is -1.78. The van der Waals surface area contributed by atoms with Crippen molar-refractivity contribution in [3.63, 3.8) is 0 Å². The van der Waals surface area contributed by atoms with Crippen LogP contribution in [0.3, 0.4) is 0 Å². The molecule has 0 aromatic heterocycles. The number of hydrogen-bond donors (Lipinski definition) is 10. The molecule has 2 aromatic rings. The number of benzene rings is 2. The highest BCUT2D eigenvalue weighted by atomic mass is 16.8. The molecule has 2 saturated heterocycles. The number of phenolic OH excluding ortho intramolecular Hbond substituents is 4. The summed E-state index contributed by atoms with van der Waals surface area (Å²) >= 11 is 0. The Morgan fingerprint density at radius 2 is 1.59 bits per heavy atom. The molecule has 0 aliphatic carbocycles. The number of fused-ring (bicyclic) bond motifs is 1. The predicted molar refractivity (Wildman–Crippen MR) is 133 cm³/mol. The van der Waals surface area contributed by atoms with Gasteiger partial charge in [0.2, 0.25) is 6.29 Å². The zero-order valence-corrected chi connectivity index (χ0v) is 21.2. The lowest BCUT2D eigenvalue weighted by Gasteiger charge is -2.45. The van der Waals surface area contributed by atoms with Crippen LogP contribution < -0.4 is 0 Å². The fourth-order valence-electron chi connectivity index (χ4n) is 4.82. The Labute approximate surface area is 231 Å². The summed E-state index contributed by atoms with van der Waals surface area (Å²) in [7, 11) is 0. The average molecular weight is 584 g/mol. The molecule has 1 unspecified atom stereocenters. The van der Waals surface area contributed by atoms with Crippen molar-refractivity contribution in [3.8, 4) is 28.7 Å². The first-order valence-corrected chi connectivity index (χ1v) is 12.6. The molecule has 10 atom stereocenters. The fourth-order valence-corrected chi connectivity index (χ4v) is 4.82. The van der Waals surface area contributed by atoms with Gasteiger partial charge in [0.05, 0.1) is 24.8 Å². The molecule has 5 rings (SSSR count). The Bertz CT molecular complexity index is 1280. The number of aromatic hydroxyl groups is 5. The van der Waals surface area contributed by atoms with Crippen molar-refractivity contribution >= 4 is 6.08 Å². The molecule has 2 fully saturated rings. The fraction of sp³-hybridized carbons (Fsp3) is 0.462. The Kier molecular flexibility index (Phi) is 8.15. The second-order valence-corrected chi connectivity index (χ2v) is 9.90. The van der Waals surface area contributed by atoms with E-state index in [2.05, 4.69) is 4.74 Å². The molecule has 3 aliphatic rings. The highest BCUT2D eigenvalue weighted by molar-refractivity contribution is 5.69. The van der Waals surface area contributed by atoms with Crippen LogP contribution in [0.15, 0.2) is 36.1 Å². The van der Waals surface area contributed by atoms with Gasteiger partial charge in [-0.1, -0.05) is 0 Å². The van der Waals surface area contributed by atoms with Gasteiger partial charge in [-0.2, -0.15) is 0 Å². The summed E-state index contributed by atoms with van der Waals surface area (Å²) < 4.78 is 27.2. The lowest BCUT2D eigenvalue weighted by molar-refractivity contribution is -0.353. The van der Waals surface area contributed by atoms with Crippen molar-refractivity contribution in [2.45, 2.75) is 61.4 Å². The maximum atomic E-state index is 10.9. The maximum absolute atomic E-state index is 10.9. The highest BCUT2D eigenvalue weighted by Gasteiger charge is 2.51. The van der Waals surface area contributed by atoms with E-state index in [1.165, 1.54) is 30.3 Å². The first-order valence-electron chi connectivity index (χ1n) is 12.6. The van der Waals surface area contributed by atoms with Gasteiger partial charge >= 0.3 is 0 Å². The zero-order chi connectivity index (χ0) is 29.6. The molecule has 3 aliphatic heterocycles. The third kappa shape index (κ3) is 5.59. The predicted octanol–water partition coefficient (Wildman–Crippen LogP) is -1.87. The highest BCUT2D eigenvalue weighted by Crippen LogP contribution is 2.46. The van der Waals surface area contributed by atoms with Crippen molar-refractivity contribution < 1.29 is 74.7 Å². The molecule has 15 heteroatoms. The lowest BCUT2D eigenvalue weighted by Crippen LogP contribution is -2.63. The Balaban J connectivity index is 1.51. The van der Waals surface area contributed by atoms with E-state index in [9.17, 15) is 51.1 Å². The number of hydrogen-bond acceptors (Lipinski definition) is 14. The van der Waals surface area contributed by atoms with E-state index in [0.717, 1.165) is 6.07 Å². The molecule has 15 nitrogen and oxygen atoms in total. The summed E-state index contributed by atoms with van der Waals surface area (Å²) in [6, 6.07) is 6.19. The van der Waals surface area contributed by atoms with Crippen LogP contribution in [0.5, 0.6) is 28.7 Å². The normalized spacial score (nSPS) is 35.2. The number of aliphatic hydroxyl groups excluding tert-OH is 6. The van der Waals surface area contributed by atoms with Crippen LogP contribution in [0, 0.1) is 0 Å². The molecule has 2 aromatic carbocycles. The second-order valence-electron chi connectivity index (χ2n) is 9.90. The van der Waals surface area contributed by atoms with E-state index in [0.29, 0.717) is 0 Å². The van der Waals surface area contributed by atoms with Gasteiger partial charge in [-0.15, -0.1) is 0 Å². The van der Waals surface area contributed by atoms with Crippen LogP contribution in [0.1, 0.15) is 17.2 Å². The zero-order valence-electron chi connectivity index (χ0n) is 21.2. The standard InChI is InChI=1S/C26H30O15/c27-7-18-20(34)21(35)24(41-25-22(36)19(33)15(32)8-37-25)26(40-18)39-17-6-11-13(30)4-10(28)5-16(11)38-23(17)9-1-2-12(29)14(31)3-9/h1-6,15,18-36H,7-8H2/p+1/t15-,18-,19+,20-,21+,22-,23?,24-,25+,26-/m1/s1. The summed E-state index contributed by atoms with van der Waals surface area (Å²) in [5.74, 6) is -1.41. The van der Waals surface area contributed by atoms with Gasteiger partial charge in [0, 0.05) is 12.1 Å². The van der Waals surface area contributed by atoms with Crippen molar-refractivity contribution in [1.82, 2.24) is 0 Å². The number of phenols is 4. The molecular formula is C26H31O15+. The summed E-state index contributed by atoms with van der Waals surface area (Å²) in [5.41, 5.74) is 0.420. The van der Waals surface area contributed by atoms with Gasteiger partial charge < -0.3 is 74.7 Å². The van der Waals surface area contributed by atoms with Crippen LogP contribution in [0.2, 0.25) is 0 Å². The molecule has 11 N–H and O–H groups in total. The van der Waals surface area contributed by atoms with Gasteiger partial charge in [-0.3, -0.25) is 0 Å². The molecule has 0 bridgehead atoms. The van der Waals surface area contributed by atoms with Gasteiger partial charge in [-0.25, -0.2) is 0 Å². The molecule has 41 heavy (non-hydrogen) atoms. The van der Waals surface area contributed by atoms with Crippen molar-refractivity contribution in [2.75, 3.05) is 13.2 Å². The van der Waals surface area contributed by atoms with Crippen LogP contribution in [-0.2, 0) is 18.9 Å². The van der Waals surface area contributed by atoms with Gasteiger partial charge in [0.25, 0.3) is 11.9 Å². The quantitative estimate of drug-likeness (QED) is 0.132. The smallest absolute Gasteiger partial charge is 0.270 e. The van der Waals surface area contributed by atoms with E-state index >= 15 is 0 Å². The summed E-state index contributed by atoms with van der Waals surface area (Å²) in [6.45, 7) is -1.15. The summed E-state index contributed by atoms with van der Waals surface area (Å²) in [6.07, 6.45) is -14.2. The molecule has 224 valence electrons. The van der Waals surface area contributed by atoms with Crippen molar-refractivity contribution in [2.24, 2.45) is 0 Å². The van der Waals surface area contributed by atoms with E-state index in [-0.39, 0.29) is 34.1 Å². The Hall–Kier alpha value is -3.38. The number of rotatable bonds is 6.